The van der Waals surface area contributed by atoms with Crippen molar-refractivity contribution in [1.29, 1.82) is 0 Å². The van der Waals surface area contributed by atoms with Gasteiger partial charge in [-0.05, 0) is 29.7 Å². The summed E-state index contributed by atoms with van der Waals surface area (Å²) in [5.41, 5.74) is 2.81. The maximum Gasteiger partial charge on any atom is 0.0270 e. The maximum atomic E-state index is 4.07. The Morgan fingerprint density at radius 2 is 1.43 bits per heavy atom. The van der Waals surface area contributed by atoms with Gasteiger partial charge in [-0.3, -0.25) is 9.88 Å². The van der Waals surface area contributed by atoms with Crippen LogP contribution in [0.1, 0.15) is 11.1 Å². The fourth-order valence-electron chi connectivity index (χ4n) is 2.85. The monoisotopic (exact) mass is 281 g/mol. The molecule has 3 heteroatoms. The van der Waals surface area contributed by atoms with Gasteiger partial charge in [0.25, 0.3) is 0 Å². The molecule has 0 saturated carbocycles. The highest BCUT2D eigenvalue weighted by Crippen LogP contribution is 2.09. The number of hydrogen-bond donors (Lipinski definition) is 0. The molecule has 0 radical (unpaired) electrons. The van der Waals surface area contributed by atoms with E-state index < -0.39 is 0 Å². The summed E-state index contributed by atoms with van der Waals surface area (Å²) in [5.74, 6) is 0. The highest BCUT2D eigenvalue weighted by molar-refractivity contribution is 5.14. The Kier molecular flexibility index (Phi) is 4.98. The van der Waals surface area contributed by atoms with Crippen LogP contribution in [0.25, 0.3) is 0 Å². The quantitative estimate of drug-likeness (QED) is 0.839. The maximum absolute atomic E-state index is 4.07. The summed E-state index contributed by atoms with van der Waals surface area (Å²) in [5, 5.41) is 0. The van der Waals surface area contributed by atoms with E-state index in [1.165, 1.54) is 37.3 Å². The minimum atomic E-state index is 1.08. The molecule has 3 rings (SSSR count). The van der Waals surface area contributed by atoms with E-state index in [1.807, 2.05) is 12.4 Å². The molecule has 1 fully saturated rings. The van der Waals surface area contributed by atoms with Crippen molar-refractivity contribution in [2.45, 2.75) is 13.0 Å². The summed E-state index contributed by atoms with van der Waals surface area (Å²) < 4.78 is 0. The summed E-state index contributed by atoms with van der Waals surface area (Å²) in [6.45, 7) is 6.94. The van der Waals surface area contributed by atoms with Gasteiger partial charge in [0.1, 0.15) is 0 Å². The van der Waals surface area contributed by atoms with Crippen LogP contribution in [0, 0.1) is 0 Å². The SMILES string of the molecule is c1ccc(CN2CCN(CCc3ccncc3)CC2)cc1. The Balaban J connectivity index is 1.41. The molecule has 1 saturated heterocycles. The first-order chi connectivity index (χ1) is 10.4. The molecule has 0 bridgehead atoms. The molecule has 1 aliphatic heterocycles. The first-order valence-corrected chi connectivity index (χ1v) is 7.78. The van der Waals surface area contributed by atoms with Gasteiger partial charge in [0.2, 0.25) is 0 Å². The lowest BCUT2D eigenvalue weighted by molar-refractivity contribution is 0.128. The first kappa shape index (κ1) is 14.2. The van der Waals surface area contributed by atoms with Gasteiger partial charge in [-0.2, -0.15) is 0 Å². The Hall–Kier alpha value is -1.71. The zero-order chi connectivity index (χ0) is 14.3. The molecule has 1 aromatic heterocycles. The average Bonchev–Trinajstić information content (AvgIpc) is 2.56. The van der Waals surface area contributed by atoms with Crippen LogP contribution < -0.4 is 0 Å². The van der Waals surface area contributed by atoms with Crippen molar-refractivity contribution < 1.29 is 0 Å². The Morgan fingerprint density at radius 3 is 2.14 bits per heavy atom. The van der Waals surface area contributed by atoms with Gasteiger partial charge in [-0.1, -0.05) is 30.3 Å². The average molecular weight is 281 g/mol. The van der Waals surface area contributed by atoms with Gasteiger partial charge in [0.05, 0.1) is 0 Å². The zero-order valence-electron chi connectivity index (χ0n) is 12.5. The molecule has 0 unspecified atom stereocenters. The Morgan fingerprint density at radius 1 is 0.762 bits per heavy atom. The third-order valence-electron chi connectivity index (χ3n) is 4.18. The molecule has 0 aliphatic carbocycles. The van der Waals surface area contributed by atoms with Crippen LogP contribution >= 0.6 is 0 Å². The number of piperazine rings is 1. The van der Waals surface area contributed by atoms with Crippen molar-refractivity contribution >= 4 is 0 Å². The summed E-state index contributed by atoms with van der Waals surface area (Å²) >= 11 is 0. The number of benzene rings is 1. The van der Waals surface area contributed by atoms with Crippen LogP contribution in [0.2, 0.25) is 0 Å². The molecule has 0 amide bonds. The highest BCUT2D eigenvalue weighted by atomic mass is 15.3. The number of nitrogens with zero attached hydrogens (tertiary/aromatic N) is 3. The second-order valence-electron chi connectivity index (χ2n) is 5.71. The van der Waals surface area contributed by atoms with Gasteiger partial charge in [-0.25, -0.2) is 0 Å². The van der Waals surface area contributed by atoms with E-state index in [9.17, 15) is 0 Å². The zero-order valence-corrected chi connectivity index (χ0v) is 12.5. The molecule has 2 heterocycles. The van der Waals surface area contributed by atoms with E-state index in [0.717, 1.165) is 19.5 Å². The summed E-state index contributed by atoms with van der Waals surface area (Å²) in [6, 6.07) is 15.0. The number of rotatable bonds is 5. The topological polar surface area (TPSA) is 19.4 Å². The predicted molar refractivity (Wildman–Crippen MR) is 86.1 cm³/mol. The molecule has 0 atom stereocenters. The third kappa shape index (κ3) is 4.38. The van der Waals surface area contributed by atoms with Crippen molar-refractivity contribution in [3.05, 3.63) is 66.0 Å². The van der Waals surface area contributed by atoms with Crippen molar-refractivity contribution in [2.75, 3.05) is 32.7 Å². The minimum absolute atomic E-state index is 1.08. The van der Waals surface area contributed by atoms with Crippen molar-refractivity contribution in [3.8, 4) is 0 Å². The van der Waals surface area contributed by atoms with E-state index in [0.29, 0.717) is 0 Å². The number of hydrogen-bond acceptors (Lipinski definition) is 3. The lowest BCUT2D eigenvalue weighted by atomic mass is 10.1. The standard InChI is InChI=1S/C18H23N3/c1-2-4-18(5-3-1)16-21-14-12-20(13-15-21)11-8-17-6-9-19-10-7-17/h1-7,9-10H,8,11-16H2. The first-order valence-electron chi connectivity index (χ1n) is 7.78. The smallest absolute Gasteiger partial charge is 0.0270 e. The fraction of sp³-hybridized carbons (Fsp3) is 0.389. The number of aromatic nitrogens is 1. The van der Waals surface area contributed by atoms with Crippen LogP contribution in [0.3, 0.4) is 0 Å². The second-order valence-corrected chi connectivity index (χ2v) is 5.71. The van der Waals surface area contributed by atoms with Crippen LogP contribution in [-0.2, 0) is 13.0 Å². The van der Waals surface area contributed by atoms with Gasteiger partial charge in [-0.15, -0.1) is 0 Å². The van der Waals surface area contributed by atoms with E-state index in [-0.39, 0.29) is 0 Å². The van der Waals surface area contributed by atoms with E-state index >= 15 is 0 Å². The van der Waals surface area contributed by atoms with Crippen LogP contribution in [0.15, 0.2) is 54.9 Å². The third-order valence-corrected chi connectivity index (χ3v) is 4.18. The summed E-state index contributed by atoms with van der Waals surface area (Å²) in [7, 11) is 0. The lowest BCUT2D eigenvalue weighted by Crippen LogP contribution is -2.46. The minimum Gasteiger partial charge on any atom is -0.300 e. The fourth-order valence-corrected chi connectivity index (χ4v) is 2.85. The van der Waals surface area contributed by atoms with Crippen LogP contribution in [0.5, 0.6) is 0 Å². The molecule has 2 aromatic rings. The summed E-state index contributed by atoms with van der Waals surface area (Å²) in [4.78, 5) is 9.19. The lowest BCUT2D eigenvalue weighted by Gasteiger charge is -2.34. The molecular weight excluding hydrogens is 258 g/mol. The van der Waals surface area contributed by atoms with E-state index in [1.54, 1.807) is 0 Å². The molecule has 0 N–H and O–H groups in total. The molecule has 3 nitrogen and oxygen atoms in total. The molecule has 21 heavy (non-hydrogen) atoms. The van der Waals surface area contributed by atoms with E-state index in [4.69, 9.17) is 0 Å². The van der Waals surface area contributed by atoms with Crippen LogP contribution in [0.4, 0.5) is 0 Å². The summed E-state index contributed by atoms with van der Waals surface area (Å²) in [6.07, 6.45) is 4.89. The molecule has 1 aromatic carbocycles. The van der Waals surface area contributed by atoms with Gasteiger partial charge in [0, 0.05) is 51.7 Å². The van der Waals surface area contributed by atoms with E-state index in [2.05, 4.69) is 57.2 Å². The van der Waals surface area contributed by atoms with Crippen LogP contribution in [-0.4, -0.2) is 47.5 Å². The molecule has 110 valence electrons. The highest BCUT2D eigenvalue weighted by Gasteiger charge is 2.16. The Labute approximate surface area is 127 Å². The number of pyridine rings is 1. The Bertz CT molecular complexity index is 519. The second kappa shape index (κ2) is 7.34. The normalized spacial score (nSPS) is 17.0. The van der Waals surface area contributed by atoms with Gasteiger partial charge >= 0.3 is 0 Å². The van der Waals surface area contributed by atoms with Crippen molar-refractivity contribution in [3.63, 3.8) is 0 Å². The largest absolute Gasteiger partial charge is 0.300 e. The molecule has 1 aliphatic rings. The molecular formula is C18H23N3. The molecule has 0 spiro atoms. The predicted octanol–water partition coefficient (Wildman–Crippen LogP) is 2.44. The van der Waals surface area contributed by atoms with Crippen molar-refractivity contribution in [1.82, 2.24) is 14.8 Å². The van der Waals surface area contributed by atoms with Crippen molar-refractivity contribution in [2.24, 2.45) is 0 Å². The van der Waals surface area contributed by atoms with Gasteiger partial charge < -0.3 is 4.90 Å². The van der Waals surface area contributed by atoms with Gasteiger partial charge in [0.15, 0.2) is 0 Å².